The van der Waals surface area contributed by atoms with Crippen molar-refractivity contribution in [3.8, 4) is 11.5 Å². The lowest BCUT2D eigenvalue weighted by molar-refractivity contribution is -0.118. The molecule has 6 nitrogen and oxygen atoms in total. The molecule has 2 aromatic carbocycles. The van der Waals surface area contributed by atoms with E-state index in [0.29, 0.717) is 12.3 Å². The highest BCUT2D eigenvalue weighted by atomic mass is 32.2. The molecule has 1 aliphatic rings. The summed E-state index contributed by atoms with van der Waals surface area (Å²) < 4.78 is 10.6. The first-order valence-electron chi connectivity index (χ1n) is 8.40. The molecule has 2 N–H and O–H groups in total. The Morgan fingerprint density at radius 1 is 1.27 bits per heavy atom. The minimum absolute atomic E-state index is 0.00405. The number of hydrogen-bond donors (Lipinski definition) is 2. The summed E-state index contributed by atoms with van der Waals surface area (Å²) in [5.41, 5.74) is 2.95. The van der Waals surface area contributed by atoms with Crippen molar-refractivity contribution in [1.82, 2.24) is 15.3 Å². The monoisotopic (exact) mass is 369 g/mol. The third kappa shape index (κ3) is 3.62. The van der Waals surface area contributed by atoms with Crippen LogP contribution in [-0.4, -0.2) is 28.4 Å². The highest BCUT2D eigenvalue weighted by Crippen LogP contribution is 2.32. The van der Waals surface area contributed by atoms with Crippen LogP contribution in [-0.2, 0) is 11.3 Å². The van der Waals surface area contributed by atoms with Gasteiger partial charge in [0.05, 0.1) is 22.0 Å². The van der Waals surface area contributed by atoms with Crippen molar-refractivity contribution < 1.29 is 14.3 Å². The lowest BCUT2D eigenvalue weighted by Gasteiger charge is -2.09. The molecule has 0 bridgehead atoms. The lowest BCUT2D eigenvalue weighted by atomic mass is 10.2. The molecule has 1 aromatic heterocycles. The maximum Gasteiger partial charge on any atom is 0.231 e. The summed E-state index contributed by atoms with van der Waals surface area (Å²) in [4.78, 5) is 20.0. The van der Waals surface area contributed by atoms with Crippen LogP contribution in [0.25, 0.3) is 11.0 Å². The normalized spacial score (nSPS) is 13.7. The highest BCUT2D eigenvalue weighted by molar-refractivity contribution is 8.00. The SMILES string of the molecule is C[C@H](SCC(=O)NCc1ccc2c(c1)OCO2)c1nc2ccccc2[nH]1. The zero-order chi connectivity index (χ0) is 17.9. The fraction of sp³-hybridized carbons (Fsp3) is 0.263. The second kappa shape index (κ2) is 7.29. The number of benzene rings is 2. The molecule has 4 rings (SSSR count). The van der Waals surface area contributed by atoms with E-state index in [1.165, 1.54) is 0 Å². The largest absolute Gasteiger partial charge is 0.454 e. The fourth-order valence-corrected chi connectivity index (χ4v) is 3.52. The summed E-state index contributed by atoms with van der Waals surface area (Å²) in [5.74, 6) is 2.73. The summed E-state index contributed by atoms with van der Waals surface area (Å²) in [6.07, 6.45) is 0. The molecule has 0 spiro atoms. The number of imidazole rings is 1. The van der Waals surface area contributed by atoms with Crippen molar-refractivity contribution in [1.29, 1.82) is 0 Å². The van der Waals surface area contributed by atoms with E-state index in [1.807, 2.05) is 49.4 Å². The first kappa shape index (κ1) is 16.8. The molecular weight excluding hydrogens is 350 g/mol. The second-order valence-corrected chi connectivity index (χ2v) is 7.39. The molecule has 0 radical (unpaired) electrons. The van der Waals surface area contributed by atoms with Gasteiger partial charge in [-0.2, -0.15) is 0 Å². The Hall–Kier alpha value is -2.67. The summed E-state index contributed by atoms with van der Waals surface area (Å²) in [6.45, 7) is 2.77. The smallest absolute Gasteiger partial charge is 0.231 e. The number of ether oxygens (including phenoxy) is 2. The maximum absolute atomic E-state index is 12.1. The van der Waals surface area contributed by atoms with E-state index in [2.05, 4.69) is 15.3 Å². The molecule has 0 unspecified atom stereocenters. The Balaban J connectivity index is 1.28. The molecular formula is C19H19N3O3S. The number of aromatic amines is 1. The standard InChI is InChI=1S/C19H19N3O3S/c1-12(19-21-14-4-2-3-5-15(14)22-19)26-10-18(23)20-9-13-6-7-16-17(8-13)25-11-24-16/h2-8,12H,9-11H2,1H3,(H,20,23)(H,21,22)/t12-/m0/s1. The number of rotatable bonds is 6. The minimum Gasteiger partial charge on any atom is -0.454 e. The number of fused-ring (bicyclic) bond motifs is 2. The molecule has 26 heavy (non-hydrogen) atoms. The Labute approximate surface area is 155 Å². The molecule has 0 fully saturated rings. The molecule has 0 saturated heterocycles. The summed E-state index contributed by atoms with van der Waals surface area (Å²) in [6, 6.07) is 13.6. The van der Waals surface area contributed by atoms with Crippen LogP contribution in [0.15, 0.2) is 42.5 Å². The van der Waals surface area contributed by atoms with Gasteiger partial charge in [0.2, 0.25) is 12.7 Å². The topological polar surface area (TPSA) is 76.2 Å². The number of carbonyl (C=O) groups excluding carboxylic acids is 1. The van der Waals surface area contributed by atoms with Crippen LogP contribution in [0, 0.1) is 0 Å². The van der Waals surface area contributed by atoms with Gasteiger partial charge in [-0.05, 0) is 36.8 Å². The van der Waals surface area contributed by atoms with Gasteiger partial charge >= 0.3 is 0 Å². The van der Waals surface area contributed by atoms with Gasteiger partial charge in [-0.1, -0.05) is 18.2 Å². The lowest BCUT2D eigenvalue weighted by Crippen LogP contribution is -2.24. The van der Waals surface area contributed by atoms with Gasteiger partial charge in [0.15, 0.2) is 11.5 Å². The third-order valence-electron chi connectivity index (χ3n) is 4.18. The Bertz CT molecular complexity index is 908. The highest BCUT2D eigenvalue weighted by Gasteiger charge is 2.15. The molecule has 1 atom stereocenters. The zero-order valence-corrected chi connectivity index (χ0v) is 15.1. The van der Waals surface area contributed by atoms with Crippen molar-refractivity contribution in [2.45, 2.75) is 18.7 Å². The zero-order valence-electron chi connectivity index (χ0n) is 14.3. The number of nitrogens with zero attached hydrogens (tertiary/aromatic N) is 1. The average molecular weight is 369 g/mol. The molecule has 0 aliphatic carbocycles. The number of aromatic nitrogens is 2. The van der Waals surface area contributed by atoms with E-state index in [-0.39, 0.29) is 18.0 Å². The Morgan fingerprint density at radius 3 is 3.00 bits per heavy atom. The van der Waals surface area contributed by atoms with Crippen LogP contribution in [0.1, 0.15) is 23.6 Å². The number of hydrogen-bond acceptors (Lipinski definition) is 5. The van der Waals surface area contributed by atoms with Crippen molar-refractivity contribution >= 4 is 28.7 Å². The summed E-state index contributed by atoms with van der Waals surface area (Å²) in [7, 11) is 0. The molecule has 3 aromatic rings. The number of amides is 1. The van der Waals surface area contributed by atoms with E-state index in [1.54, 1.807) is 11.8 Å². The van der Waals surface area contributed by atoms with E-state index >= 15 is 0 Å². The van der Waals surface area contributed by atoms with Gasteiger partial charge in [-0.3, -0.25) is 4.79 Å². The van der Waals surface area contributed by atoms with Crippen LogP contribution in [0.3, 0.4) is 0 Å². The van der Waals surface area contributed by atoms with Gasteiger partial charge < -0.3 is 19.8 Å². The molecule has 7 heteroatoms. The van der Waals surface area contributed by atoms with E-state index < -0.39 is 0 Å². The Kier molecular flexibility index (Phi) is 4.71. The minimum atomic E-state index is -0.00405. The van der Waals surface area contributed by atoms with Crippen LogP contribution in [0.5, 0.6) is 11.5 Å². The van der Waals surface area contributed by atoms with E-state index in [4.69, 9.17) is 9.47 Å². The van der Waals surface area contributed by atoms with Crippen LogP contribution < -0.4 is 14.8 Å². The molecule has 0 saturated carbocycles. The maximum atomic E-state index is 12.1. The van der Waals surface area contributed by atoms with Crippen LogP contribution in [0.4, 0.5) is 0 Å². The van der Waals surface area contributed by atoms with Crippen molar-refractivity contribution in [3.63, 3.8) is 0 Å². The quantitative estimate of drug-likeness (QED) is 0.696. The first-order valence-corrected chi connectivity index (χ1v) is 9.45. The second-order valence-electron chi connectivity index (χ2n) is 6.06. The number of para-hydroxylation sites is 2. The van der Waals surface area contributed by atoms with Gasteiger partial charge in [-0.25, -0.2) is 4.98 Å². The van der Waals surface area contributed by atoms with Gasteiger partial charge in [0.25, 0.3) is 0 Å². The van der Waals surface area contributed by atoms with Crippen molar-refractivity contribution in [3.05, 3.63) is 53.9 Å². The predicted molar refractivity (Wildman–Crippen MR) is 101 cm³/mol. The first-order chi connectivity index (χ1) is 12.7. The van der Waals surface area contributed by atoms with Crippen LogP contribution >= 0.6 is 11.8 Å². The predicted octanol–water partition coefficient (Wildman–Crippen LogP) is 3.40. The van der Waals surface area contributed by atoms with E-state index in [0.717, 1.165) is 33.9 Å². The summed E-state index contributed by atoms with van der Waals surface area (Å²) >= 11 is 1.56. The van der Waals surface area contributed by atoms with Gasteiger partial charge in [0.1, 0.15) is 5.82 Å². The summed E-state index contributed by atoms with van der Waals surface area (Å²) in [5, 5.41) is 3.05. The van der Waals surface area contributed by atoms with E-state index in [9.17, 15) is 4.79 Å². The number of nitrogens with one attached hydrogen (secondary N) is 2. The number of H-pyrrole nitrogens is 1. The van der Waals surface area contributed by atoms with Gasteiger partial charge in [-0.15, -0.1) is 11.8 Å². The number of carbonyl (C=O) groups is 1. The molecule has 134 valence electrons. The molecule has 1 aliphatic heterocycles. The molecule has 2 heterocycles. The third-order valence-corrected chi connectivity index (χ3v) is 5.34. The van der Waals surface area contributed by atoms with Crippen molar-refractivity contribution in [2.75, 3.05) is 12.5 Å². The van der Waals surface area contributed by atoms with Gasteiger partial charge in [0, 0.05) is 6.54 Å². The van der Waals surface area contributed by atoms with Crippen molar-refractivity contribution in [2.24, 2.45) is 0 Å². The Morgan fingerprint density at radius 2 is 2.12 bits per heavy atom. The van der Waals surface area contributed by atoms with Crippen LogP contribution in [0.2, 0.25) is 0 Å². The molecule has 1 amide bonds. The average Bonchev–Trinajstić information content (AvgIpc) is 3.30. The number of thioether (sulfide) groups is 1. The fourth-order valence-electron chi connectivity index (χ4n) is 2.75.